The van der Waals surface area contributed by atoms with E-state index >= 15 is 0 Å². The van der Waals surface area contributed by atoms with E-state index in [0.717, 1.165) is 12.8 Å². The molecule has 104 valence electrons. The number of likely N-dealkylation sites (tertiary alicyclic amines) is 1. The van der Waals surface area contributed by atoms with Crippen LogP contribution in [0, 0.1) is 5.92 Å². The Hall–Kier alpha value is -1.47. The molecule has 1 aliphatic heterocycles. The largest absolute Gasteiger partial charge is 0.396 e. The summed E-state index contributed by atoms with van der Waals surface area (Å²) in [5, 5.41) is 13.7. The van der Waals surface area contributed by atoms with Crippen molar-refractivity contribution in [1.29, 1.82) is 0 Å². The highest BCUT2D eigenvalue weighted by Crippen LogP contribution is 2.21. The van der Waals surface area contributed by atoms with E-state index in [9.17, 15) is 9.59 Å². The topological polar surface area (TPSA) is 82.5 Å². The molecule has 0 aromatic carbocycles. The molecule has 19 heavy (non-hydrogen) atoms. The first-order chi connectivity index (χ1) is 9.10. The number of nitrogens with one attached hydrogen (secondary N) is 1. The lowest BCUT2D eigenvalue weighted by atomic mass is 9.98. The van der Waals surface area contributed by atoms with Crippen LogP contribution in [0.3, 0.4) is 0 Å². The van der Waals surface area contributed by atoms with Crippen molar-refractivity contribution in [2.75, 3.05) is 25.0 Å². The van der Waals surface area contributed by atoms with Crippen LogP contribution in [-0.2, 0) is 4.79 Å². The summed E-state index contributed by atoms with van der Waals surface area (Å²) in [5.74, 6) is -0.00391. The zero-order valence-corrected chi connectivity index (χ0v) is 11.6. The van der Waals surface area contributed by atoms with Gasteiger partial charge in [-0.2, -0.15) is 0 Å². The summed E-state index contributed by atoms with van der Waals surface area (Å²) in [6, 6.07) is 0. The summed E-state index contributed by atoms with van der Waals surface area (Å²) in [5.41, 5.74) is 0.371. The van der Waals surface area contributed by atoms with Gasteiger partial charge in [0.15, 0.2) is 5.13 Å². The lowest BCUT2D eigenvalue weighted by molar-refractivity contribution is -0.114. The smallest absolute Gasteiger partial charge is 0.273 e. The molecule has 1 fully saturated rings. The Morgan fingerprint density at radius 1 is 1.53 bits per heavy atom. The number of aromatic nitrogens is 1. The molecular weight excluding hydrogens is 266 g/mol. The number of anilines is 1. The Balaban J connectivity index is 1.96. The number of nitrogens with zero attached hydrogens (tertiary/aromatic N) is 2. The Morgan fingerprint density at radius 3 is 2.79 bits per heavy atom. The highest BCUT2D eigenvalue weighted by Gasteiger charge is 2.24. The number of hydrogen-bond donors (Lipinski definition) is 2. The van der Waals surface area contributed by atoms with Crippen LogP contribution in [0.1, 0.15) is 30.3 Å². The van der Waals surface area contributed by atoms with Gasteiger partial charge in [-0.1, -0.05) is 0 Å². The number of aliphatic hydroxyl groups excluding tert-OH is 1. The maximum atomic E-state index is 12.2. The molecule has 1 saturated heterocycles. The van der Waals surface area contributed by atoms with Crippen molar-refractivity contribution in [2.24, 2.45) is 5.92 Å². The Bertz CT molecular complexity index is 467. The van der Waals surface area contributed by atoms with Crippen LogP contribution in [0.25, 0.3) is 0 Å². The van der Waals surface area contributed by atoms with Crippen molar-refractivity contribution in [3.05, 3.63) is 11.1 Å². The summed E-state index contributed by atoms with van der Waals surface area (Å²) in [6.07, 6.45) is 1.65. The van der Waals surface area contributed by atoms with E-state index in [4.69, 9.17) is 5.11 Å². The highest BCUT2D eigenvalue weighted by atomic mass is 32.1. The number of hydrogen-bond acceptors (Lipinski definition) is 5. The fraction of sp³-hybridized carbons (Fsp3) is 0.583. The first-order valence-electron chi connectivity index (χ1n) is 6.23. The molecule has 0 atom stereocenters. The maximum Gasteiger partial charge on any atom is 0.273 e. The van der Waals surface area contributed by atoms with Crippen LogP contribution in [0.15, 0.2) is 5.38 Å². The van der Waals surface area contributed by atoms with Crippen LogP contribution < -0.4 is 5.32 Å². The lowest BCUT2D eigenvalue weighted by Gasteiger charge is -2.30. The van der Waals surface area contributed by atoms with Crippen molar-refractivity contribution in [1.82, 2.24) is 9.88 Å². The van der Waals surface area contributed by atoms with Crippen LogP contribution in [-0.4, -0.2) is 46.5 Å². The van der Waals surface area contributed by atoms with Gasteiger partial charge in [0, 0.05) is 32.0 Å². The van der Waals surface area contributed by atoms with E-state index in [2.05, 4.69) is 10.3 Å². The van der Waals surface area contributed by atoms with Crippen LogP contribution >= 0.6 is 11.3 Å². The zero-order chi connectivity index (χ0) is 13.8. The standard InChI is InChI=1S/C12H17N3O3S/c1-8(17)13-12-14-10(7-19-12)11(18)15-4-2-9(6-16)3-5-15/h7,9,16H,2-6H2,1H3,(H,13,14,17). The van der Waals surface area contributed by atoms with Crippen molar-refractivity contribution in [2.45, 2.75) is 19.8 Å². The SMILES string of the molecule is CC(=O)Nc1nc(C(=O)N2CCC(CO)CC2)cs1. The molecule has 6 nitrogen and oxygen atoms in total. The number of thiazole rings is 1. The monoisotopic (exact) mass is 283 g/mol. The van der Waals surface area contributed by atoms with Gasteiger partial charge in [-0.15, -0.1) is 11.3 Å². The molecule has 2 amide bonds. The van der Waals surface area contributed by atoms with Gasteiger partial charge in [0.25, 0.3) is 5.91 Å². The van der Waals surface area contributed by atoms with Gasteiger partial charge in [0.05, 0.1) is 0 Å². The third-order valence-electron chi connectivity index (χ3n) is 3.17. The van der Waals surface area contributed by atoms with Gasteiger partial charge in [0.2, 0.25) is 5.91 Å². The summed E-state index contributed by atoms with van der Waals surface area (Å²) in [7, 11) is 0. The zero-order valence-electron chi connectivity index (χ0n) is 10.8. The van der Waals surface area contributed by atoms with E-state index in [1.807, 2.05) is 0 Å². The first-order valence-corrected chi connectivity index (χ1v) is 7.11. The molecular formula is C12H17N3O3S. The first kappa shape index (κ1) is 14.0. The minimum absolute atomic E-state index is 0.107. The third-order valence-corrected chi connectivity index (χ3v) is 3.92. The molecule has 1 aromatic rings. The molecule has 1 aromatic heterocycles. The predicted molar refractivity (Wildman–Crippen MR) is 72.1 cm³/mol. The van der Waals surface area contributed by atoms with Crippen molar-refractivity contribution < 1.29 is 14.7 Å². The number of carbonyl (C=O) groups is 2. The average Bonchev–Trinajstić information content (AvgIpc) is 2.85. The van der Waals surface area contributed by atoms with E-state index in [1.54, 1.807) is 10.3 Å². The van der Waals surface area contributed by atoms with Gasteiger partial charge >= 0.3 is 0 Å². The molecule has 2 heterocycles. The quantitative estimate of drug-likeness (QED) is 0.865. The second-order valence-corrected chi connectivity index (χ2v) is 5.50. The van der Waals surface area contributed by atoms with Gasteiger partial charge in [-0.3, -0.25) is 9.59 Å². The molecule has 0 spiro atoms. The predicted octanol–water partition coefficient (Wildman–Crippen LogP) is 0.946. The average molecular weight is 283 g/mol. The number of piperidine rings is 1. The van der Waals surface area contributed by atoms with Gasteiger partial charge in [-0.25, -0.2) is 4.98 Å². The van der Waals surface area contributed by atoms with Gasteiger partial charge < -0.3 is 15.3 Å². The third kappa shape index (κ3) is 3.51. The molecule has 2 N–H and O–H groups in total. The lowest BCUT2D eigenvalue weighted by Crippen LogP contribution is -2.39. The maximum absolute atomic E-state index is 12.2. The fourth-order valence-corrected chi connectivity index (χ4v) is 2.79. The molecule has 0 aliphatic carbocycles. The number of carbonyl (C=O) groups excluding carboxylic acids is 2. The number of aliphatic hydroxyl groups is 1. The Morgan fingerprint density at radius 2 is 2.21 bits per heavy atom. The molecule has 0 saturated carbocycles. The van der Waals surface area contributed by atoms with Gasteiger partial charge in [0.1, 0.15) is 5.69 Å². The van der Waals surface area contributed by atoms with Crippen LogP contribution in [0.4, 0.5) is 5.13 Å². The summed E-state index contributed by atoms with van der Waals surface area (Å²) in [4.78, 5) is 28.9. The molecule has 2 rings (SSSR count). The van der Waals surface area contributed by atoms with Crippen molar-refractivity contribution >= 4 is 28.3 Å². The highest BCUT2D eigenvalue weighted by molar-refractivity contribution is 7.14. The summed E-state index contributed by atoms with van der Waals surface area (Å²) >= 11 is 1.24. The molecule has 7 heteroatoms. The van der Waals surface area contributed by atoms with Crippen LogP contribution in [0.5, 0.6) is 0 Å². The number of rotatable bonds is 3. The van der Waals surface area contributed by atoms with Crippen LogP contribution in [0.2, 0.25) is 0 Å². The van der Waals surface area contributed by atoms with Gasteiger partial charge in [-0.05, 0) is 18.8 Å². The Labute approximate surface area is 115 Å². The molecule has 0 unspecified atom stereocenters. The summed E-state index contributed by atoms with van der Waals surface area (Å²) < 4.78 is 0. The van der Waals surface area contributed by atoms with E-state index in [-0.39, 0.29) is 18.4 Å². The Kier molecular flexibility index (Phi) is 4.49. The fourth-order valence-electron chi connectivity index (χ4n) is 2.06. The van der Waals surface area contributed by atoms with E-state index in [1.165, 1.54) is 18.3 Å². The molecule has 0 radical (unpaired) electrons. The molecule has 0 bridgehead atoms. The van der Waals surface area contributed by atoms with Crippen molar-refractivity contribution in [3.63, 3.8) is 0 Å². The van der Waals surface area contributed by atoms with E-state index in [0.29, 0.717) is 29.8 Å². The normalized spacial score (nSPS) is 16.4. The second kappa shape index (κ2) is 6.12. The number of amides is 2. The second-order valence-electron chi connectivity index (χ2n) is 4.64. The molecule has 1 aliphatic rings. The van der Waals surface area contributed by atoms with E-state index < -0.39 is 0 Å². The minimum Gasteiger partial charge on any atom is -0.396 e. The minimum atomic E-state index is -0.197. The summed E-state index contributed by atoms with van der Waals surface area (Å²) in [6.45, 7) is 2.89. The van der Waals surface area contributed by atoms with Crippen molar-refractivity contribution in [3.8, 4) is 0 Å².